The molecule has 0 aliphatic rings. The third kappa shape index (κ3) is 2.98. The molecule has 0 amide bonds. The Morgan fingerprint density at radius 3 is 2.60 bits per heavy atom. The quantitative estimate of drug-likeness (QED) is 0.556. The number of nitro benzene ring substituents is 1. The number of anilines is 2. The molecule has 9 nitrogen and oxygen atoms in total. The Hall–Kier alpha value is -3.14. The van der Waals surface area contributed by atoms with E-state index in [2.05, 4.69) is 5.32 Å². The van der Waals surface area contributed by atoms with Gasteiger partial charge in [0.05, 0.1) is 10.4 Å². The summed E-state index contributed by atoms with van der Waals surface area (Å²) in [7, 11) is -2.22. The van der Waals surface area contributed by atoms with Crippen LogP contribution >= 0.6 is 0 Å². The molecule has 3 rings (SSSR count). The summed E-state index contributed by atoms with van der Waals surface area (Å²) < 4.78 is 30.0. The molecule has 25 heavy (non-hydrogen) atoms. The van der Waals surface area contributed by atoms with Crippen LogP contribution in [0.25, 0.3) is 11.1 Å². The number of para-hydroxylation sites is 1. The largest absolute Gasteiger partial charge is 0.419 e. The number of rotatable bonds is 4. The summed E-state index contributed by atoms with van der Waals surface area (Å²) in [6, 6.07) is 8.72. The molecular formula is C15H13N3O6S. The van der Waals surface area contributed by atoms with Gasteiger partial charge in [-0.3, -0.25) is 14.7 Å². The fourth-order valence-electron chi connectivity index (χ4n) is 2.48. The van der Waals surface area contributed by atoms with Crippen molar-refractivity contribution in [2.24, 2.45) is 7.05 Å². The number of fused-ring (bicyclic) bond motifs is 1. The van der Waals surface area contributed by atoms with Crippen LogP contribution in [0.1, 0.15) is 0 Å². The van der Waals surface area contributed by atoms with Crippen molar-refractivity contribution in [1.29, 1.82) is 0 Å². The molecule has 0 aliphatic carbocycles. The van der Waals surface area contributed by atoms with Gasteiger partial charge in [-0.05, 0) is 24.3 Å². The molecule has 0 aliphatic heterocycles. The second-order valence-electron chi connectivity index (χ2n) is 5.42. The summed E-state index contributed by atoms with van der Waals surface area (Å²) in [5.74, 6) is -0.530. The highest BCUT2D eigenvalue weighted by Crippen LogP contribution is 2.34. The normalized spacial score (nSPS) is 11.6. The predicted octanol–water partition coefficient (Wildman–Crippen LogP) is 2.19. The van der Waals surface area contributed by atoms with E-state index in [1.54, 1.807) is 19.2 Å². The van der Waals surface area contributed by atoms with E-state index in [9.17, 15) is 23.3 Å². The SMILES string of the molecule is Cn1c(=O)oc2cc(Nc3cccc(S(C)(=O)=O)c3[N+](=O)[O-])ccc21. The summed E-state index contributed by atoms with van der Waals surface area (Å²) in [4.78, 5) is 21.8. The number of oxazole rings is 1. The van der Waals surface area contributed by atoms with Crippen molar-refractivity contribution in [2.45, 2.75) is 4.90 Å². The van der Waals surface area contributed by atoms with Crippen LogP contribution in [0.5, 0.6) is 0 Å². The first-order valence-electron chi connectivity index (χ1n) is 7.02. The number of hydrogen-bond donors (Lipinski definition) is 1. The Bertz CT molecular complexity index is 1160. The number of benzene rings is 2. The lowest BCUT2D eigenvalue weighted by molar-refractivity contribution is -0.386. The molecular weight excluding hydrogens is 350 g/mol. The van der Waals surface area contributed by atoms with E-state index in [1.807, 2.05) is 0 Å². The Morgan fingerprint density at radius 2 is 1.96 bits per heavy atom. The van der Waals surface area contributed by atoms with Crippen molar-refractivity contribution in [2.75, 3.05) is 11.6 Å². The maximum absolute atomic E-state index is 11.8. The Morgan fingerprint density at radius 1 is 1.24 bits per heavy atom. The van der Waals surface area contributed by atoms with E-state index >= 15 is 0 Å². The molecule has 0 bridgehead atoms. The number of nitrogens with one attached hydrogen (secondary N) is 1. The summed E-state index contributed by atoms with van der Waals surface area (Å²) in [5.41, 5.74) is 0.759. The zero-order valence-corrected chi connectivity index (χ0v) is 14.0. The van der Waals surface area contributed by atoms with E-state index in [-0.39, 0.29) is 10.6 Å². The predicted molar refractivity (Wildman–Crippen MR) is 90.9 cm³/mol. The van der Waals surface area contributed by atoms with Crippen LogP contribution in [0.15, 0.2) is 50.5 Å². The van der Waals surface area contributed by atoms with Crippen LogP contribution in [0.4, 0.5) is 17.1 Å². The number of aryl methyl sites for hydroxylation is 1. The lowest BCUT2D eigenvalue weighted by atomic mass is 10.2. The molecule has 1 aromatic heterocycles. The minimum atomic E-state index is -3.78. The van der Waals surface area contributed by atoms with Crippen LogP contribution < -0.4 is 11.1 Å². The van der Waals surface area contributed by atoms with Gasteiger partial charge in [-0.15, -0.1) is 0 Å². The standard InChI is InChI=1S/C15H13N3O6S/c1-17-11-7-6-9(8-12(11)24-15(17)19)16-10-4-3-5-13(25(2,22)23)14(10)18(20)21/h3-8,16H,1-2H3. The lowest BCUT2D eigenvalue weighted by Crippen LogP contribution is -2.08. The molecule has 10 heteroatoms. The summed E-state index contributed by atoms with van der Waals surface area (Å²) in [6.45, 7) is 0. The Balaban J connectivity index is 2.12. The fraction of sp³-hybridized carbons (Fsp3) is 0.133. The van der Waals surface area contributed by atoms with Gasteiger partial charge >= 0.3 is 11.4 Å². The molecule has 2 aromatic carbocycles. The minimum absolute atomic E-state index is 0.0190. The van der Waals surface area contributed by atoms with Crippen molar-refractivity contribution < 1.29 is 17.8 Å². The van der Waals surface area contributed by atoms with Crippen LogP contribution in [0, 0.1) is 10.1 Å². The molecule has 1 N–H and O–H groups in total. The van der Waals surface area contributed by atoms with E-state index in [0.29, 0.717) is 16.8 Å². The highest BCUT2D eigenvalue weighted by molar-refractivity contribution is 7.90. The zero-order chi connectivity index (χ0) is 18.4. The first-order chi connectivity index (χ1) is 11.7. The van der Waals surface area contributed by atoms with E-state index in [1.165, 1.54) is 28.8 Å². The summed E-state index contributed by atoms with van der Waals surface area (Å²) >= 11 is 0. The van der Waals surface area contributed by atoms with Gasteiger partial charge in [0.1, 0.15) is 10.6 Å². The average molecular weight is 363 g/mol. The van der Waals surface area contributed by atoms with E-state index in [0.717, 1.165) is 6.26 Å². The van der Waals surface area contributed by atoms with Crippen LogP contribution in [0.2, 0.25) is 0 Å². The number of aromatic nitrogens is 1. The first kappa shape index (κ1) is 16.7. The molecule has 0 fully saturated rings. The third-order valence-corrected chi connectivity index (χ3v) is 4.78. The molecule has 0 radical (unpaired) electrons. The Kier molecular flexibility index (Phi) is 3.84. The van der Waals surface area contributed by atoms with Crippen molar-refractivity contribution in [1.82, 2.24) is 4.57 Å². The summed E-state index contributed by atoms with van der Waals surface area (Å²) in [6.07, 6.45) is 0.907. The molecule has 0 saturated carbocycles. The molecule has 0 spiro atoms. The van der Waals surface area contributed by atoms with Gasteiger partial charge in [0.25, 0.3) is 0 Å². The number of sulfone groups is 1. The zero-order valence-electron chi connectivity index (χ0n) is 13.2. The molecule has 130 valence electrons. The number of nitrogens with zero attached hydrogens (tertiary/aromatic N) is 2. The minimum Gasteiger partial charge on any atom is -0.408 e. The fourth-order valence-corrected chi connectivity index (χ4v) is 3.34. The maximum atomic E-state index is 11.8. The smallest absolute Gasteiger partial charge is 0.408 e. The van der Waals surface area contributed by atoms with Gasteiger partial charge in [0.2, 0.25) is 0 Å². The van der Waals surface area contributed by atoms with E-state index in [4.69, 9.17) is 4.42 Å². The van der Waals surface area contributed by atoms with Crippen LogP contribution in [0.3, 0.4) is 0 Å². The van der Waals surface area contributed by atoms with Gasteiger partial charge in [0.15, 0.2) is 15.4 Å². The highest BCUT2D eigenvalue weighted by Gasteiger charge is 2.26. The third-order valence-electron chi connectivity index (χ3n) is 3.65. The van der Waals surface area contributed by atoms with Crippen molar-refractivity contribution in [3.05, 3.63) is 57.1 Å². The van der Waals surface area contributed by atoms with Gasteiger partial charge in [-0.1, -0.05) is 6.07 Å². The van der Waals surface area contributed by atoms with Crippen LogP contribution in [-0.2, 0) is 16.9 Å². The Labute approximate surface area is 141 Å². The molecule has 1 heterocycles. The number of nitro groups is 1. The van der Waals surface area contributed by atoms with Gasteiger partial charge in [-0.2, -0.15) is 0 Å². The van der Waals surface area contributed by atoms with Crippen molar-refractivity contribution in [3.63, 3.8) is 0 Å². The van der Waals surface area contributed by atoms with Gasteiger partial charge in [0, 0.05) is 25.1 Å². The molecule has 0 saturated heterocycles. The van der Waals surface area contributed by atoms with Gasteiger partial charge in [-0.25, -0.2) is 13.2 Å². The average Bonchev–Trinajstić information content (AvgIpc) is 2.80. The van der Waals surface area contributed by atoms with Gasteiger partial charge < -0.3 is 9.73 Å². The molecule has 3 aromatic rings. The monoisotopic (exact) mass is 363 g/mol. The van der Waals surface area contributed by atoms with E-state index < -0.39 is 26.2 Å². The topological polar surface area (TPSA) is 124 Å². The highest BCUT2D eigenvalue weighted by atomic mass is 32.2. The van der Waals surface area contributed by atoms with Crippen molar-refractivity contribution >= 4 is 38.0 Å². The van der Waals surface area contributed by atoms with Crippen molar-refractivity contribution in [3.8, 4) is 0 Å². The molecule has 0 unspecified atom stereocenters. The number of hydrogen-bond acceptors (Lipinski definition) is 7. The first-order valence-corrected chi connectivity index (χ1v) is 8.91. The van der Waals surface area contributed by atoms with Crippen LogP contribution in [-0.4, -0.2) is 24.2 Å². The maximum Gasteiger partial charge on any atom is 0.419 e. The second kappa shape index (κ2) is 5.74. The lowest BCUT2D eigenvalue weighted by Gasteiger charge is -2.09. The summed E-state index contributed by atoms with van der Waals surface area (Å²) in [5, 5.41) is 14.2. The molecule has 0 atom stereocenters. The second-order valence-corrected chi connectivity index (χ2v) is 7.40.